The Hall–Kier alpha value is -4.08. The van der Waals surface area contributed by atoms with Crippen molar-refractivity contribution >= 4 is 40.8 Å². The van der Waals surface area contributed by atoms with Crippen LogP contribution < -0.4 is 20.1 Å². The first kappa shape index (κ1) is 28.9. The van der Waals surface area contributed by atoms with Gasteiger partial charge in [0.25, 0.3) is 5.91 Å². The van der Waals surface area contributed by atoms with Gasteiger partial charge in [-0.05, 0) is 85.0 Å². The molecule has 1 amide bonds. The van der Waals surface area contributed by atoms with Crippen LogP contribution in [0.2, 0.25) is 5.02 Å². The lowest BCUT2D eigenvalue weighted by molar-refractivity contribution is 0.0955. The minimum atomic E-state index is -0.806. The molecule has 0 aliphatic carbocycles. The maximum Gasteiger partial charge on any atom is 0.252 e. The fraction of sp³-hybridized carbons (Fsp3) is 0.200. The van der Waals surface area contributed by atoms with Crippen molar-refractivity contribution in [3.8, 4) is 16.9 Å². The highest BCUT2D eigenvalue weighted by Gasteiger charge is 2.21. The number of rotatable bonds is 12. The topological polar surface area (TPSA) is 105 Å². The zero-order valence-electron chi connectivity index (χ0n) is 22.4. The molecule has 0 aliphatic heterocycles. The average molecular weight is 576 g/mol. The van der Waals surface area contributed by atoms with Gasteiger partial charge in [0.05, 0.1) is 22.6 Å². The highest BCUT2D eigenvalue weighted by atomic mass is 35.5. The van der Waals surface area contributed by atoms with E-state index in [4.69, 9.17) is 16.3 Å². The van der Waals surface area contributed by atoms with Crippen molar-refractivity contribution in [3.63, 3.8) is 0 Å². The fourth-order valence-corrected chi connectivity index (χ4v) is 4.91. The van der Waals surface area contributed by atoms with Crippen LogP contribution in [-0.4, -0.2) is 31.1 Å². The second-order valence-corrected chi connectivity index (χ2v) is 10.7. The van der Waals surface area contributed by atoms with Crippen molar-refractivity contribution in [1.82, 2.24) is 10.3 Å². The number of hydrogen-bond acceptors (Lipinski definition) is 8. The van der Waals surface area contributed by atoms with Gasteiger partial charge in [-0.1, -0.05) is 47.1 Å². The molecule has 0 bridgehead atoms. The number of carbonyl (C=O) groups is 1. The molecule has 0 spiro atoms. The summed E-state index contributed by atoms with van der Waals surface area (Å²) < 4.78 is 8.98. The van der Waals surface area contributed by atoms with Crippen molar-refractivity contribution in [1.29, 1.82) is 0 Å². The van der Waals surface area contributed by atoms with Gasteiger partial charge in [0.1, 0.15) is 11.3 Å². The van der Waals surface area contributed by atoms with E-state index in [9.17, 15) is 9.70 Å². The third-order valence-corrected chi connectivity index (χ3v) is 7.37. The number of benzene rings is 3. The Morgan fingerprint density at radius 1 is 1.00 bits per heavy atom. The van der Waals surface area contributed by atoms with Gasteiger partial charge in [0.15, 0.2) is 0 Å². The number of pyridine rings is 1. The number of hydrogen-bond donors (Lipinski definition) is 3. The van der Waals surface area contributed by atoms with Gasteiger partial charge in [-0.25, -0.2) is 0 Å². The number of halogens is 1. The van der Waals surface area contributed by atoms with Crippen molar-refractivity contribution in [2.24, 2.45) is 5.18 Å². The number of amides is 1. The van der Waals surface area contributed by atoms with E-state index < -0.39 is 5.54 Å². The first-order valence-corrected chi connectivity index (χ1v) is 13.8. The Morgan fingerprint density at radius 3 is 2.55 bits per heavy atom. The van der Waals surface area contributed by atoms with Crippen molar-refractivity contribution < 1.29 is 9.53 Å². The lowest BCUT2D eigenvalue weighted by atomic mass is 9.92. The van der Waals surface area contributed by atoms with Crippen LogP contribution in [0.1, 0.15) is 29.8 Å². The molecule has 1 heterocycles. The van der Waals surface area contributed by atoms with Crippen LogP contribution in [0.25, 0.3) is 11.1 Å². The van der Waals surface area contributed by atoms with Crippen molar-refractivity contribution in [2.45, 2.75) is 24.3 Å². The van der Waals surface area contributed by atoms with E-state index >= 15 is 0 Å². The molecule has 0 saturated heterocycles. The third-order valence-electron chi connectivity index (χ3n) is 6.19. The summed E-state index contributed by atoms with van der Waals surface area (Å²) in [6.45, 7) is 4.57. The minimum absolute atomic E-state index is 0.243. The maximum atomic E-state index is 12.3. The van der Waals surface area contributed by atoms with Crippen LogP contribution in [0.3, 0.4) is 0 Å². The summed E-state index contributed by atoms with van der Waals surface area (Å²) in [6.07, 6.45) is 2.98. The molecule has 4 aromatic rings. The van der Waals surface area contributed by atoms with Crippen LogP contribution in [0, 0.1) is 4.91 Å². The smallest absolute Gasteiger partial charge is 0.252 e. The van der Waals surface area contributed by atoms with E-state index in [1.807, 2.05) is 60.7 Å². The molecule has 206 valence electrons. The Balaban J connectivity index is 1.38. The largest absolute Gasteiger partial charge is 0.496 e. The summed E-state index contributed by atoms with van der Waals surface area (Å²) in [5.74, 6) is 0.500. The number of carbonyl (C=O) groups excluding carboxylic acids is 1. The number of nitroso groups, excluding NO2 is 1. The zero-order valence-corrected chi connectivity index (χ0v) is 24.0. The van der Waals surface area contributed by atoms with E-state index in [2.05, 4.69) is 31.6 Å². The standard InChI is InChI=1S/C30H30ClN5O3S/c1-30(2,36-38)22-7-4-6-20(16-22)21-10-11-27(39-3)28(17-21)40-35-24-9-5-8-23(18-24)33-14-15-34-29(37)25-12-13-32-19-26(25)31/h4-13,16-19,33,35H,14-15H2,1-3H3,(H,34,37). The normalized spacial score (nSPS) is 11.0. The van der Waals surface area contributed by atoms with E-state index in [1.165, 1.54) is 24.3 Å². The Bertz CT molecular complexity index is 1500. The second-order valence-electron chi connectivity index (χ2n) is 9.42. The zero-order chi connectivity index (χ0) is 28.5. The second kappa shape index (κ2) is 13.3. The van der Waals surface area contributed by atoms with E-state index in [0.29, 0.717) is 23.7 Å². The third kappa shape index (κ3) is 7.31. The Kier molecular flexibility index (Phi) is 9.63. The fourth-order valence-electron chi connectivity index (χ4n) is 3.91. The van der Waals surface area contributed by atoms with Crippen LogP contribution in [0.15, 0.2) is 95.3 Å². The number of nitrogens with one attached hydrogen (secondary N) is 3. The molecule has 0 fully saturated rings. The first-order chi connectivity index (χ1) is 19.3. The molecular formula is C30H30ClN5O3S. The number of ether oxygens (including phenoxy) is 1. The van der Waals surface area contributed by atoms with E-state index in [1.54, 1.807) is 27.0 Å². The van der Waals surface area contributed by atoms with Gasteiger partial charge in [0.2, 0.25) is 0 Å². The van der Waals surface area contributed by atoms with E-state index in [-0.39, 0.29) is 5.91 Å². The Morgan fingerprint density at radius 2 is 1.77 bits per heavy atom. The highest BCUT2D eigenvalue weighted by Crippen LogP contribution is 2.36. The predicted octanol–water partition coefficient (Wildman–Crippen LogP) is 7.37. The summed E-state index contributed by atoms with van der Waals surface area (Å²) >= 11 is 7.48. The summed E-state index contributed by atoms with van der Waals surface area (Å²) in [5.41, 5.74) is 4.24. The van der Waals surface area contributed by atoms with Crippen LogP contribution in [0.5, 0.6) is 5.75 Å². The number of aromatic nitrogens is 1. The number of anilines is 2. The SMILES string of the molecule is COc1ccc(-c2cccc(C(C)(C)N=O)c2)cc1SNc1cccc(NCCNC(=O)c2ccncc2Cl)c1. The predicted molar refractivity (Wildman–Crippen MR) is 163 cm³/mol. The highest BCUT2D eigenvalue weighted by molar-refractivity contribution is 8.00. The summed E-state index contributed by atoms with van der Waals surface area (Å²) in [5, 5.41) is 9.76. The summed E-state index contributed by atoms with van der Waals surface area (Å²) in [4.78, 5) is 28.4. The molecule has 0 aliphatic rings. The van der Waals surface area contributed by atoms with Gasteiger partial charge < -0.3 is 20.1 Å². The molecule has 3 N–H and O–H groups in total. The van der Waals surface area contributed by atoms with Crippen LogP contribution >= 0.6 is 23.5 Å². The number of nitrogens with zero attached hydrogens (tertiary/aromatic N) is 2. The van der Waals surface area contributed by atoms with Gasteiger partial charge in [-0.2, -0.15) is 0 Å². The molecule has 0 unspecified atom stereocenters. The van der Waals surface area contributed by atoms with Crippen LogP contribution in [0.4, 0.5) is 11.4 Å². The van der Waals surface area contributed by atoms with E-state index in [0.717, 1.165) is 38.7 Å². The van der Waals surface area contributed by atoms with Gasteiger partial charge in [0, 0.05) is 36.9 Å². The van der Waals surface area contributed by atoms with Gasteiger partial charge >= 0.3 is 0 Å². The first-order valence-electron chi connectivity index (χ1n) is 12.6. The Labute approximate surface area is 243 Å². The van der Waals surface area contributed by atoms with Crippen molar-refractivity contribution in [2.75, 3.05) is 30.2 Å². The molecule has 3 aromatic carbocycles. The molecule has 40 heavy (non-hydrogen) atoms. The quantitative estimate of drug-likeness (QED) is 0.0919. The van der Waals surface area contributed by atoms with Crippen LogP contribution in [-0.2, 0) is 5.54 Å². The average Bonchev–Trinajstić information content (AvgIpc) is 2.98. The van der Waals surface area contributed by atoms with Gasteiger partial charge in [-0.3, -0.25) is 9.78 Å². The molecular weight excluding hydrogens is 546 g/mol. The minimum Gasteiger partial charge on any atom is -0.496 e. The lowest BCUT2D eigenvalue weighted by Crippen LogP contribution is -2.29. The molecule has 0 atom stereocenters. The monoisotopic (exact) mass is 575 g/mol. The maximum absolute atomic E-state index is 12.3. The summed E-state index contributed by atoms with van der Waals surface area (Å²) in [6, 6.07) is 23.3. The molecule has 1 aromatic heterocycles. The summed E-state index contributed by atoms with van der Waals surface area (Å²) in [7, 11) is 1.64. The molecule has 8 nitrogen and oxygen atoms in total. The van der Waals surface area contributed by atoms with Crippen molar-refractivity contribution in [3.05, 3.63) is 106 Å². The molecule has 0 radical (unpaired) electrons. The molecule has 0 saturated carbocycles. The molecule has 10 heteroatoms. The lowest BCUT2D eigenvalue weighted by Gasteiger charge is -2.17. The molecule has 4 rings (SSSR count). The van der Waals surface area contributed by atoms with Gasteiger partial charge in [-0.15, -0.1) is 4.91 Å². The number of methoxy groups -OCH3 is 1.